The zero-order chi connectivity index (χ0) is 15.2. The van der Waals surface area contributed by atoms with E-state index in [-0.39, 0.29) is 18.4 Å². The number of amides is 2. The van der Waals surface area contributed by atoms with Gasteiger partial charge in [-0.05, 0) is 19.1 Å². The van der Waals surface area contributed by atoms with E-state index in [4.69, 9.17) is 4.52 Å². The van der Waals surface area contributed by atoms with Crippen molar-refractivity contribution in [2.24, 2.45) is 0 Å². The molecule has 0 unspecified atom stereocenters. The standard InChI is InChI=1S/C14H16N4O3/c1-10-7-13(17-21-10)18(11(2)19)9-14(20)16-8-12-5-3-4-6-15-12/h3-7H,8-9H2,1-2H3,(H,16,20). The third kappa shape index (κ3) is 4.13. The summed E-state index contributed by atoms with van der Waals surface area (Å²) in [6.45, 7) is 3.28. The molecular weight excluding hydrogens is 272 g/mol. The molecule has 2 aromatic heterocycles. The largest absolute Gasteiger partial charge is 0.360 e. The Kier molecular flexibility index (Phi) is 4.65. The van der Waals surface area contributed by atoms with E-state index in [1.807, 2.05) is 12.1 Å². The molecule has 1 N–H and O–H groups in total. The van der Waals surface area contributed by atoms with E-state index in [9.17, 15) is 9.59 Å². The number of aromatic nitrogens is 2. The molecule has 0 aliphatic rings. The third-order valence-electron chi connectivity index (χ3n) is 2.77. The molecule has 21 heavy (non-hydrogen) atoms. The van der Waals surface area contributed by atoms with E-state index in [0.29, 0.717) is 18.1 Å². The molecule has 7 heteroatoms. The summed E-state index contributed by atoms with van der Waals surface area (Å²) in [7, 11) is 0. The van der Waals surface area contributed by atoms with Crippen molar-refractivity contribution in [3.63, 3.8) is 0 Å². The Morgan fingerprint density at radius 1 is 1.38 bits per heavy atom. The van der Waals surface area contributed by atoms with Gasteiger partial charge in [-0.1, -0.05) is 11.2 Å². The molecule has 0 aliphatic heterocycles. The van der Waals surface area contributed by atoms with Gasteiger partial charge in [0.05, 0.1) is 12.2 Å². The Hall–Kier alpha value is -2.70. The van der Waals surface area contributed by atoms with Gasteiger partial charge in [0.15, 0.2) is 5.82 Å². The van der Waals surface area contributed by atoms with Crippen LogP contribution < -0.4 is 10.2 Å². The predicted molar refractivity (Wildman–Crippen MR) is 75.4 cm³/mol. The number of nitrogens with zero attached hydrogens (tertiary/aromatic N) is 3. The smallest absolute Gasteiger partial charge is 0.240 e. The van der Waals surface area contributed by atoms with Crippen molar-refractivity contribution >= 4 is 17.6 Å². The van der Waals surface area contributed by atoms with Gasteiger partial charge in [0.2, 0.25) is 11.8 Å². The van der Waals surface area contributed by atoms with Crippen molar-refractivity contribution in [2.75, 3.05) is 11.4 Å². The van der Waals surface area contributed by atoms with Gasteiger partial charge < -0.3 is 9.84 Å². The quantitative estimate of drug-likeness (QED) is 0.888. The van der Waals surface area contributed by atoms with Crippen LogP contribution in [0.2, 0.25) is 0 Å². The molecule has 7 nitrogen and oxygen atoms in total. The second kappa shape index (κ2) is 6.65. The lowest BCUT2D eigenvalue weighted by molar-refractivity contribution is -0.123. The molecular formula is C14H16N4O3. The fourth-order valence-electron chi connectivity index (χ4n) is 1.73. The van der Waals surface area contributed by atoms with Crippen LogP contribution in [0.3, 0.4) is 0 Å². The zero-order valence-corrected chi connectivity index (χ0v) is 11.9. The molecule has 0 atom stereocenters. The molecule has 110 valence electrons. The number of pyridine rings is 1. The number of carbonyl (C=O) groups excluding carboxylic acids is 2. The second-order valence-corrected chi connectivity index (χ2v) is 4.50. The average Bonchev–Trinajstić information content (AvgIpc) is 2.89. The lowest BCUT2D eigenvalue weighted by Crippen LogP contribution is -2.39. The molecule has 2 aromatic rings. The van der Waals surface area contributed by atoms with Gasteiger partial charge in [0.1, 0.15) is 12.3 Å². The molecule has 0 saturated heterocycles. The van der Waals surface area contributed by atoms with Crippen molar-refractivity contribution in [3.05, 3.63) is 41.9 Å². The molecule has 0 radical (unpaired) electrons. The van der Waals surface area contributed by atoms with Crippen LogP contribution in [0.5, 0.6) is 0 Å². The topological polar surface area (TPSA) is 88.3 Å². The Labute approximate surface area is 121 Å². The predicted octanol–water partition coefficient (Wildman–Crippen LogP) is 1.05. The highest BCUT2D eigenvalue weighted by molar-refractivity contribution is 5.96. The Morgan fingerprint density at radius 3 is 2.76 bits per heavy atom. The van der Waals surface area contributed by atoms with E-state index >= 15 is 0 Å². The number of rotatable bonds is 5. The van der Waals surface area contributed by atoms with Crippen LogP contribution in [0.1, 0.15) is 18.4 Å². The van der Waals surface area contributed by atoms with Crippen LogP contribution in [0, 0.1) is 6.92 Å². The van der Waals surface area contributed by atoms with Crippen LogP contribution in [-0.2, 0) is 16.1 Å². The van der Waals surface area contributed by atoms with E-state index in [1.165, 1.54) is 11.8 Å². The van der Waals surface area contributed by atoms with Crippen molar-refractivity contribution in [1.29, 1.82) is 0 Å². The van der Waals surface area contributed by atoms with Gasteiger partial charge in [0, 0.05) is 19.2 Å². The molecule has 0 saturated carbocycles. The summed E-state index contributed by atoms with van der Waals surface area (Å²) in [6, 6.07) is 7.06. The minimum Gasteiger partial charge on any atom is -0.360 e. The lowest BCUT2D eigenvalue weighted by Gasteiger charge is -2.16. The number of carbonyl (C=O) groups is 2. The first kappa shape index (κ1) is 14.7. The van der Waals surface area contributed by atoms with Gasteiger partial charge >= 0.3 is 0 Å². The normalized spacial score (nSPS) is 10.2. The summed E-state index contributed by atoms with van der Waals surface area (Å²) < 4.78 is 4.92. The maximum atomic E-state index is 11.9. The first-order valence-corrected chi connectivity index (χ1v) is 6.44. The Bertz CT molecular complexity index is 624. The molecule has 0 spiro atoms. The maximum absolute atomic E-state index is 11.9. The summed E-state index contributed by atoms with van der Waals surface area (Å²) in [6.07, 6.45) is 1.65. The van der Waals surface area contributed by atoms with E-state index in [2.05, 4.69) is 15.5 Å². The maximum Gasteiger partial charge on any atom is 0.240 e. The summed E-state index contributed by atoms with van der Waals surface area (Å²) >= 11 is 0. The van der Waals surface area contributed by atoms with Gasteiger partial charge in [-0.3, -0.25) is 19.5 Å². The average molecular weight is 288 g/mol. The molecule has 2 heterocycles. The highest BCUT2D eigenvalue weighted by atomic mass is 16.5. The summed E-state index contributed by atoms with van der Waals surface area (Å²) in [5.74, 6) is 0.325. The van der Waals surface area contributed by atoms with Crippen LogP contribution in [0.25, 0.3) is 0 Å². The van der Waals surface area contributed by atoms with Crippen molar-refractivity contribution in [1.82, 2.24) is 15.5 Å². The second-order valence-electron chi connectivity index (χ2n) is 4.50. The monoisotopic (exact) mass is 288 g/mol. The fraction of sp³-hybridized carbons (Fsp3) is 0.286. The third-order valence-corrected chi connectivity index (χ3v) is 2.77. The van der Waals surface area contributed by atoms with E-state index in [1.54, 1.807) is 25.3 Å². The Morgan fingerprint density at radius 2 is 2.19 bits per heavy atom. The van der Waals surface area contributed by atoms with Gasteiger partial charge in [-0.2, -0.15) is 0 Å². The summed E-state index contributed by atoms with van der Waals surface area (Å²) in [5, 5.41) is 6.45. The summed E-state index contributed by atoms with van der Waals surface area (Å²) in [4.78, 5) is 28.9. The number of hydrogen-bond acceptors (Lipinski definition) is 5. The van der Waals surface area contributed by atoms with E-state index in [0.717, 1.165) is 5.69 Å². The number of anilines is 1. The zero-order valence-electron chi connectivity index (χ0n) is 11.9. The van der Waals surface area contributed by atoms with Gasteiger partial charge in [-0.25, -0.2) is 0 Å². The van der Waals surface area contributed by atoms with Gasteiger partial charge in [-0.15, -0.1) is 0 Å². The van der Waals surface area contributed by atoms with Crippen molar-refractivity contribution in [2.45, 2.75) is 20.4 Å². The molecule has 2 amide bonds. The fourth-order valence-corrected chi connectivity index (χ4v) is 1.73. The first-order chi connectivity index (χ1) is 10.1. The summed E-state index contributed by atoms with van der Waals surface area (Å²) in [5.41, 5.74) is 0.748. The Balaban J connectivity index is 1.94. The number of nitrogens with one attached hydrogen (secondary N) is 1. The van der Waals surface area contributed by atoms with Crippen LogP contribution in [-0.4, -0.2) is 28.5 Å². The number of aryl methyl sites for hydroxylation is 1. The van der Waals surface area contributed by atoms with Crippen molar-refractivity contribution in [3.8, 4) is 0 Å². The molecule has 0 aliphatic carbocycles. The lowest BCUT2D eigenvalue weighted by atomic mass is 10.3. The molecule has 0 aromatic carbocycles. The SMILES string of the molecule is CC(=O)N(CC(=O)NCc1ccccn1)c1cc(C)on1. The van der Waals surface area contributed by atoms with Crippen LogP contribution in [0.4, 0.5) is 5.82 Å². The minimum atomic E-state index is -0.295. The molecule has 0 bridgehead atoms. The van der Waals surface area contributed by atoms with Crippen molar-refractivity contribution < 1.29 is 14.1 Å². The van der Waals surface area contributed by atoms with E-state index < -0.39 is 0 Å². The minimum absolute atomic E-state index is 0.117. The van der Waals surface area contributed by atoms with Gasteiger partial charge in [0.25, 0.3) is 0 Å². The van der Waals surface area contributed by atoms with Crippen LogP contribution in [0.15, 0.2) is 35.0 Å². The number of hydrogen-bond donors (Lipinski definition) is 1. The van der Waals surface area contributed by atoms with Crippen LogP contribution >= 0.6 is 0 Å². The highest BCUT2D eigenvalue weighted by Gasteiger charge is 2.18. The molecule has 0 fully saturated rings. The first-order valence-electron chi connectivity index (χ1n) is 6.44. The molecule has 2 rings (SSSR count). The highest BCUT2D eigenvalue weighted by Crippen LogP contribution is 2.13.